The van der Waals surface area contributed by atoms with E-state index in [0.717, 1.165) is 38.6 Å². The predicted octanol–water partition coefficient (Wildman–Crippen LogP) is 2.88. The van der Waals surface area contributed by atoms with Gasteiger partial charge in [-0.05, 0) is 38.3 Å². The second-order valence-corrected chi connectivity index (χ2v) is 5.62. The molecule has 5 heteroatoms. The maximum Gasteiger partial charge on any atom is 0.335 e. The van der Waals surface area contributed by atoms with Gasteiger partial charge in [-0.25, -0.2) is 9.78 Å². The van der Waals surface area contributed by atoms with Crippen LogP contribution in [0.5, 0.6) is 0 Å². The van der Waals surface area contributed by atoms with Crippen molar-refractivity contribution < 1.29 is 14.7 Å². The summed E-state index contributed by atoms with van der Waals surface area (Å²) in [6.07, 6.45) is 5.28. The summed E-state index contributed by atoms with van der Waals surface area (Å²) in [5, 5.41) is 9.10. The van der Waals surface area contributed by atoms with E-state index in [4.69, 9.17) is 5.11 Å². The van der Waals surface area contributed by atoms with Gasteiger partial charge in [0.2, 0.25) is 0 Å². The standard InChI is InChI=1S/C16H22N2O3/c1-3-4-6-13-7-5-8-18(13)15(19)14-10-12(16(20)21)9-11(2)17-14/h9-10,13H,3-8H2,1-2H3,(H,20,21). The Labute approximate surface area is 125 Å². The Morgan fingerprint density at radius 1 is 1.43 bits per heavy atom. The van der Waals surface area contributed by atoms with Crippen LogP contribution in [0.25, 0.3) is 0 Å². The number of carbonyl (C=O) groups is 2. The van der Waals surface area contributed by atoms with Gasteiger partial charge in [0.15, 0.2) is 0 Å². The number of rotatable bonds is 5. The van der Waals surface area contributed by atoms with Crippen LogP contribution in [0.15, 0.2) is 12.1 Å². The van der Waals surface area contributed by atoms with E-state index < -0.39 is 5.97 Å². The molecule has 2 rings (SSSR count). The molecule has 1 aromatic heterocycles. The Hall–Kier alpha value is -1.91. The van der Waals surface area contributed by atoms with Crippen LogP contribution < -0.4 is 0 Å². The molecule has 0 saturated carbocycles. The molecule has 0 aliphatic carbocycles. The summed E-state index contributed by atoms with van der Waals surface area (Å²) in [5.74, 6) is -1.17. The molecule has 0 bridgehead atoms. The number of aromatic carboxylic acids is 1. The summed E-state index contributed by atoms with van der Waals surface area (Å²) >= 11 is 0. The first-order valence-corrected chi connectivity index (χ1v) is 7.56. The number of hydrogen-bond acceptors (Lipinski definition) is 3. The van der Waals surface area contributed by atoms with Gasteiger partial charge in [0.25, 0.3) is 5.91 Å². The highest BCUT2D eigenvalue weighted by molar-refractivity contribution is 5.96. The number of aromatic nitrogens is 1. The number of unbranched alkanes of at least 4 members (excludes halogenated alkanes) is 1. The molecule has 1 aliphatic rings. The molecule has 114 valence electrons. The summed E-state index contributed by atoms with van der Waals surface area (Å²) in [6, 6.07) is 3.14. The Morgan fingerprint density at radius 3 is 2.86 bits per heavy atom. The zero-order valence-electron chi connectivity index (χ0n) is 12.6. The summed E-state index contributed by atoms with van der Waals surface area (Å²) < 4.78 is 0. The van der Waals surface area contributed by atoms with Gasteiger partial charge in [-0.2, -0.15) is 0 Å². The highest BCUT2D eigenvalue weighted by atomic mass is 16.4. The zero-order chi connectivity index (χ0) is 15.4. The van der Waals surface area contributed by atoms with Crippen LogP contribution in [0.2, 0.25) is 0 Å². The van der Waals surface area contributed by atoms with E-state index in [1.54, 1.807) is 6.92 Å². The first-order chi connectivity index (χ1) is 10.0. The van der Waals surface area contributed by atoms with Gasteiger partial charge in [-0.1, -0.05) is 19.8 Å². The van der Waals surface area contributed by atoms with Crippen LogP contribution in [0.4, 0.5) is 0 Å². The average molecular weight is 290 g/mol. The monoisotopic (exact) mass is 290 g/mol. The largest absolute Gasteiger partial charge is 0.478 e. The lowest BCUT2D eigenvalue weighted by molar-refractivity contribution is 0.0696. The SMILES string of the molecule is CCCCC1CCCN1C(=O)c1cc(C(=O)O)cc(C)n1. The third-order valence-electron chi connectivity index (χ3n) is 3.95. The maximum absolute atomic E-state index is 12.6. The minimum absolute atomic E-state index is 0.121. The smallest absolute Gasteiger partial charge is 0.335 e. The molecule has 21 heavy (non-hydrogen) atoms. The second kappa shape index (κ2) is 6.70. The molecular formula is C16H22N2O3. The number of carbonyl (C=O) groups excluding carboxylic acids is 1. The molecule has 0 spiro atoms. The number of carboxylic acids is 1. The zero-order valence-corrected chi connectivity index (χ0v) is 12.6. The van der Waals surface area contributed by atoms with E-state index in [2.05, 4.69) is 11.9 Å². The summed E-state index contributed by atoms with van der Waals surface area (Å²) in [4.78, 5) is 29.8. The van der Waals surface area contributed by atoms with E-state index in [9.17, 15) is 9.59 Å². The number of hydrogen-bond donors (Lipinski definition) is 1. The molecule has 1 fully saturated rings. The van der Waals surface area contributed by atoms with Crippen molar-refractivity contribution in [3.63, 3.8) is 0 Å². The van der Waals surface area contributed by atoms with Crippen LogP contribution in [0.3, 0.4) is 0 Å². The van der Waals surface area contributed by atoms with Gasteiger partial charge in [-0.3, -0.25) is 4.79 Å². The predicted molar refractivity (Wildman–Crippen MR) is 79.5 cm³/mol. The van der Waals surface area contributed by atoms with Crippen molar-refractivity contribution in [3.05, 3.63) is 29.1 Å². The number of pyridine rings is 1. The summed E-state index contributed by atoms with van der Waals surface area (Å²) in [5.41, 5.74) is 0.925. The fraction of sp³-hybridized carbons (Fsp3) is 0.562. The minimum Gasteiger partial charge on any atom is -0.478 e. The molecule has 0 radical (unpaired) electrons. The van der Waals surface area contributed by atoms with Crippen LogP contribution >= 0.6 is 0 Å². The molecule has 1 atom stereocenters. The Morgan fingerprint density at radius 2 is 2.19 bits per heavy atom. The molecule has 0 aromatic carbocycles. The highest BCUT2D eigenvalue weighted by Gasteiger charge is 2.30. The van der Waals surface area contributed by atoms with Gasteiger partial charge in [0, 0.05) is 18.3 Å². The summed E-state index contributed by atoms with van der Waals surface area (Å²) in [6.45, 7) is 4.59. The lowest BCUT2D eigenvalue weighted by atomic mass is 10.1. The molecule has 1 amide bonds. The van der Waals surface area contributed by atoms with Gasteiger partial charge >= 0.3 is 5.97 Å². The van der Waals surface area contributed by atoms with E-state index in [1.165, 1.54) is 12.1 Å². The quantitative estimate of drug-likeness (QED) is 0.905. The molecule has 1 aliphatic heterocycles. The number of amides is 1. The van der Waals surface area contributed by atoms with Crippen molar-refractivity contribution in [3.8, 4) is 0 Å². The first-order valence-electron chi connectivity index (χ1n) is 7.56. The molecule has 5 nitrogen and oxygen atoms in total. The molecule has 1 saturated heterocycles. The van der Waals surface area contributed by atoms with Gasteiger partial charge in [0.05, 0.1) is 5.56 Å². The third-order valence-corrected chi connectivity index (χ3v) is 3.95. The molecule has 1 aromatic rings. The van der Waals surface area contributed by atoms with Crippen molar-refractivity contribution >= 4 is 11.9 Å². The van der Waals surface area contributed by atoms with Crippen LogP contribution in [0.1, 0.15) is 65.6 Å². The van der Waals surface area contributed by atoms with Crippen LogP contribution in [-0.2, 0) is 0 Å². The molecular weight excluding hydrogens is 268 g/mol. The van der Waals surface area contributed by atoms with Crippen molar-refractivity contribution in [2.45, 2.75) is 52.0 Å². The topological polar surface area (TPSA) is 70.5 Å². The maximum atomic E-state index is 12.6. The van der Waals surface area contributed by atoms with E-state index in [-0.39, 0.29) is 23.2 Å². The normalized spacial score (nSPS) is 18.0. The van der Waals surface area contributed by atoms with E-state index >= 15 is 0 Å². The van der Waals surface area contributed by atoms with Crippen molar-refractivity contribution in [2.75, 3.05) is 6.54 Å². The lowest BCUT2D eigenvalue weighted by Crippen LogP contribution is -2.36. The number of aryl methyl sites for hydroxylation is 1. The Bertz CT molecular complexity index is 542. The molecule has 1 unspecified atom stereocenters. The van der Waals surface area contributed by atoms with E-state index in [1.807, 2.05) is 4.90 Å². The fourth-order valence-electron chi connectivity index (χ4n) is 2.89. The minimum atomic E-state index is -1.03. The first kappa shape index (κ1) is 15.5. The van der Waals surface area contributed by atoms with Crippen molar-refractivity contribution in [2.24, 2.45) is 0 Å². The van der Waals surface area contributed by atoms with Crippen molar-refractivity contribution in [1.29, 1.82) is 0 Å². The summed E-state index contributed by atoms with van der Waals surface area (Å²) in [7, 11) is 0. The number of carboxylic acid groups (broad SMARTS) is 1. The van der Waals surface area contributed by atoms with Crippen molar-refractivity contribution in [1.82, 2.24) is 9.88 Å². The Balaban J connectivity index is 2.21. The van der Waals surface area contributed by atoms with E-state index in [0.29, 0.717) is 5.69 Å². The second-order valence-electron chi connectivity index (χ2n) is 5.62. The average Bonchev–Trinajstić information content (AvgIpc) is 2.91. The Kier molecular flexibility index (Phi) is 4.94. The van der Waals surface area contributed by atoms with Crippen LogP contribution in [-0.4, -0.2) is 39.5 Å². The van der Waals surface area contributed by atoms with Gasteiger partial charge < -0.3 is 10.0 Å². The fourth-order valence-corrected chi connectivity index (χ4v) is 2.89. The number of likely N-dealkylation sites (tertiary alicyclic amines) is 1. The van der Waals surface area contributed by atoms with Gasteiger partial charge in [0.1, 0.15) is 5.69 Å². The molecule has 2 heterocycles. The van der Waals surface area contributed by atoms with Gasteiger partial charge in [-0.15, -0.1) is 0 Å². The molecule has 1 N–H and O–H groups in total. The van der Waals surface area contributed by atoms with Crippen LogP contribution in [0, 0.1) is 6.92 Å². The lowest BCUT2D eigenvalue weighted by Gasteiger charge is -2.24. The number of nitrogens with zero attached hydrogens (tertiary/aromatic N) is 2. The third kappa shape index (κ3) is 3.60. The highest BCUT2D eigenvalue weighted by Crippen LogP contribution is 2.24.